The maximum atomic E-state index is 12.8. The van der Waals surface area contributed by atoms with Gasteiger partial charge in [0, 0.05) is 28.6 Å². The Morgan fingerprint density at radius 3 is 2.62 bits per heavy atom. The lowest BCUT2D eigenvalue weighted by molar-refractivity contribution is 0.271. The maximum Gasteiger partial charge on any atom is 0.246 e. The molecule has 1 aromatic rings. The van der Waals surface area contributed by atoms with Gasteiger partial charge in [-0.15, -0.1) is 0 Å². The van der Waals surface area contributed by atoms with Gasteiger partial charge in [-0.3, -0.25) is 0 Å². The van der Waals surface area contributed by atoms with Crippen LogP contribution in [0, 0.1) is 0 Å². The molecule has 0 spiro atoms. The van der Waals surface area contributed by atoms with Crippen LogP contribution in [0.15, 0.2) is 26.0 Å². The van der Waals surface area contributed by atoms with Gasteiger partial charge in [0.15, 0.2) is 0 Å². The molecular weight excluding hydrogens is 422 g/mol. The van der Waals surface area contributed by atoms with Crippen molar-refractivity contribution in [3.8, 4) is 0 Å². The molecule has 1 fully saturated rings. The van der Waals surface area contributed by atoms with Crippen LogP contribution < -0.4 is 5.73 Å². The van der Waals surface area contributed by atoms with Crippen LogP contribution in [0.5, 0.6) is 0 Å². The molecule has 1 saturated heterocycles. The van der Waals surface area contributed by atoms with Crippen LogP contribution in [-0.4, -0.2) is 50.8 Å². The zero-order valence-electron chi connectivity index (χ0n) is 12.0. The molecule has 1 aliphatic heterocycles. The predicted octanol–water partition coefficient (Wildman–Crippen LogP) is 2.51. The molecule has 1 aliphatic rings. The summed E-state index contributed by atoms with van der Waals surface area (Å²) in [5, 5.41) is 0. The van der Waals surface area contributed by atoms with E-state index in [4.69, 9.17) is 5.73 Å². The SMILES string of the molecule is CN1CCCC1CN(C)S(=O)(=O)c1c(N)cc(Br)cc1Br. The summed E-state index contributed by atoms with van der Waals surface area (Å²) >= 11 is 6.60. The van der Waals surface area contributed by atoms with Crippen LogP contribution >= 0.6 is 31.9 Å². The van der Waals surface area contributed by atoms with Gasteiger partial charge in [0.05, 0.1) is 5.69 Å². The van der Waals surface area contributed by atoms with E-state index < -0.39 is 10.0 Å². The monoisotopic (exact) mass is 439 g/mol. The second-order valence-electron chi connectivity index (χ2n) is 5.37. The maximum absolute atomic E-state index is 12.8. The molecule has 1 unspecified atom stereocenters. The summed E-state index contributed by atoms with van der Waals surface area (Å²) in [6, 6.07) is 3.56. The number of rotatable bonds is 4. The molecule has 2 rings (SSSR count). The van der Waals surface area contributed by atoms with Crippen molar-refractivity contribution < 1.29 is 8.42 Å². The number of nitrogens with two attached hydrogens (primary N) is 1. The number of likely N-dealkylation sites (N-methyl/N-ethyl adjacent to an activating group) is 2. The van der Waals surface area contributed by atoms with E-state index >= 15 is 0 Å². The largest absolute Gasteiger partial charge is 0.398 e. The average molecular weight is 441 g/mol. The van der Waals surface area contributed by atoms with Gasteiger partial charge in [-0.25, -0.2) is 8.42 Å². The number of benzene rings is 1. The van der Waals surface area contributed by atoms with Crippen LogP contribution in [0.1, 0.15) is 12.8 Å². The fourth-order valence-corrected chi connectivity index (χ4v) is 5.83. The van der Waals surface area contributed by atoms with Gasteiger partial charge in [0.25, 0.3) is 0 Å². The molecule has 0 aliphatic carbocycles. The fraction of sp³-hybridized carbons (Fsp3) is 0.538. The molecule has 0 saturated carbocycles. The minimum atomic E-state index is -3.61. The smallest absolute Gasteiger partial charge is 0.246 e. The van der Waals surface area contributed by atoms with Crippen LogP contribution in [-0.2, 0) is 10.0 Å². The number of likely N-dealkylation sites (tertiary alicyclic amines) is 1. The molecule has 2 N–H and O–H groups in total. The van der Waals surface area contributed by atoms with E-state index in [1.807, 2.05) is 7.05 Å². The first-order valence-corrected chi connectivity index (χ1v) is 9.67. The van der Waals surface area contributed by atoms with Crippen LogP contribution in [0.3, 0.4) is 0 Å². The van der Waals surface area contributed by atoms with Crippen LogP contribution in [0.2, 0.25) is 0 Å². The van der Waals surface area contributed by atoms with Crippen LogP contribution in [0.4, 0.5) is 5.69 Å². The van der Waals surface area contributed by atoms with Gasteiger partial charge in [-0.2, -0.15) is 4.31 Å². The van der Waals surface area contributed by atoms with Crippen molar-refractivity contribution in [3.05, 3.63) is 21.1 Å². The van der Waals surface area contributed by atoms with Gasteiger partial charge in [0.1, 0.15) is 4.90 Å². The zero-order valence-corrected chi connectivity index (χ0v) is 16.0. The number of hydrogen-bond donors (Lipinski definition) is 1. The number of hydrogen-bond acceptors (Lipinski definition) is 4. The molecule has 8 heteroatoms. The normalized spacial score (nSPS) is 20.3. The van der Waals surface area contributed by atoms with E-state index in [0.717, 1.165) is 23.9 Å². The molecule has 0 amide bonds. The van der Waals surface area contributed by atoms with Gasteiger partial charge >= 0.3 is 0 Å². The fourth-order valence-electron chi connectivity index (χ4n) is 2.61. The third kappa shape index (κ3) is 3.61. The number of nitrogen functional groups attached to an aromatic ring is 1. The minimum Gasteiger partial charge on any atom is -0.398 e. The third-order valence-corrected chi connectivity index (χ3v) is 7.13. The third-order valence-electron chi connectivity index (χ3n) is 3.84. The number of sulfonamides is 1. The lowest BCUT2D eigenvalue weighted by atomic mass is 10.2. The lowest BCUT2D eigenvalue weighted by Gasteiger charge is -2.26. The zero-order chi connectivity index (χ0) is 15.8. The summed E-state index contributed by atoms with van der Waals surface area (Å²) in [6.07, 6.45) is 2.13. The Bertz CT molecular complexity index is 613. The predicted molar refractivity (Wildman–Crippen MR) is 91.7 cm³/mol. The van der Waals surface area contributed by atoms with Crippen molar-refractivity contribution in [1.29, 1.82) is 0 Å². The molecule has 1 aromatic carbocycles. The van der Waals surface area contributed by atoms with E-state index in [1.165, 1.54) is 4.31 Å². The molecule has 21 heavy (non-hydrogen) atoms. The van der Waals surface area contributed by atoms with Gasteiger partial charge in [0.2, 0.25) is 10.0 Å². The quantitative estimate of drug-likeness (QED) is 0.730. The summed E-state index contributed by atoms with van der Waals surface area (Å²) in [6.45, 7) is 1.49. The van der Waals surface area contributed by atoms with E-state index in [-0.39, 0.29) is 16.6 Å². The molecule has 118 valence electrons. The Morgan fingerprint density at radius 2 is 2.10 bits per heavy atom. The van der Waals surface area contributed by atoms with E-state index in [1.54, 1.807) is 19.2 Å². The summed E-state index contributed by atoms with van der Waals surface area (Å²) in [4.78, 5) is 2.33. The van der Waals surface area contributed by atoms with E-state index in [2.05, 4.69) is 36.8 Å². The Labute approximate surface area is 142 Å². The first-order chi connectivity index (χ1) is 9.73. The topological polar surface area (TPSA) is 66.6 Å². The Morgan fingerprint density at radius 1 is 1.43 bits per heavy atom. The van der Waals surface area contributed by atoms with Crippen molar-refractivity contribution in [1.82, 2.24) is 9.21 Å². The second kappa shape index (κ2) is 6.54. The Balaban J connectivity index is 2.29. The molecule has 0 bridgehead atoms. The number of anilines is 1. The molecule has 5 nitrogen and oxygen atoms in total. The highest BCUT2D eigenvalue weighted by Crippen LogP contribution is 2.33. The highest BCUT2D eigenvalue weighted by Gasteiger charge is 2.30. The van der Waals surface area contributed by atoms with Crippen molar-refractivity contribution in [2.75, 3.05) is 32.9 Å². The average Bonchev–Trinajstić information content (AvgIpc) is 2.73. The lowest BCUT2D eigenvalue weighted by Crippen LogP contribution is -2.39. The first-order valence-electron chi connectivity index (χ1n) is 6.64. The highest BCUT2D eigenvalue weighted by atomic mass is 79.9. The van der Waals surface area contributed by atoms with Gasteiger partial charge in [-0.05, 0) is 54.5 Å². The standard InChI is InChI=1S/C13H19Br2N3O2S/c1-17-5-3-4-10(17)8-18(2)21(19,20)13-11(15)6-9(14)7-12(13)16/h6-7,10H,3-5,8,16H2,1-2H3. The van der Waals surface area contributed by atoms with E-state index in [0.29, 0.717) is 11.0 Å². The molecule has 1 heterocycles. The highest BCUT2D eigenvalue weighted by molar-refractivity contribution is 9.11. The summed E-state index contributed by atoms with van der Waals surface area (Å²) in [5.41, 5.74) is 6.14. The van der Waals surface area contributed by atoms with E-state index in [9.17, 15) is 8.42 Å². The summed E-state index contributed by atoms with van der Waals surface area (Å²) in [5.74, 6) is 0. The van der Waals surface area contributed by atoms with Crippen molar-refractivity contribution in [2.45, 2.75) is 23.8 Å². The summed E-state index contributed by atoms with van der Waals surface area (Å²) < 4.78 is 28.1. The molecule has 0 aromatic heterocycles. The van der Waals surface area contributed by atoms with Gasteiger partial charge < -0.3 is 10.6 Å². The Hall–Kier alpha value is -0.150. The number of nitrogens with zero attached hydrogens (tertiary/aromatic N) is 2. The van der Waals surface area contributed by atoms with Gasteiger partial charge in [-0.1, -0.05) is 15.9 Å². The second-order valence-corrected chi connectivity index (χ2v) is 9.12. The van der Waals surface area contributed by atoms with Crippen LogP contribution in [0.25, 0.3) is 0 Å². The van der Waals surface area contributed by atoms with Crippen molar-refractivity contribution >= 4 is 47.6 Å². The number of halogens is 2. The first kappa shape index (κ1) is 17.2. The van der Waals surface area contributed by atoms with Crippen molar-refractivity contribution in [3.63, 3.8) is 0 Å². The molecular formula is C13H19Br2N3O2S. The van der Waals surface area contributed by atoms with Crippen molar-refractivity contribution in [2.24, 2.45) is 0 Å². The Kier molecular flexibility index (Phi) is 5.36. The minimum absolute atomic E-state index is 0.133. The molecule has 1 atom stereocenters. The summed E-state index contributed by atoms with van der Waals surface area (Å²) in [7, 11) is 0.0223. The molecule has 0 radical (unpaired) electrons.